The number of aromatic nitrogens is 3. The molecular formula is C22H24N4O2. The predicted molar refractivity (Wildman–Crippen MR) is 107 cm³/mol. The molecule has 1 atom stereocenters. The minimum Gasteiger partial charge on any atom is -0.487 e. The summed E-state index contributed by atoms with van der Waals surface area (Å²) < 4.78 is 7.83. The largest absolute Gasteiger partial charge is 0.487 e. The van der Waals surface area contributed by atoms with Gasteiger partial charge in [0.1, 0.15) is 18.2 Å². The van der Waals surface area contributed by atoms with E-state index in [1.165, 1.54) is 0 Å². The number of amides is 1. The van der Waals surface area contributed by atoms with Crippen LogP contribution in [0.3, 0.4) is 0 Å². The van der Waals surface area contributed by atoms with Crippen molar-refractivity contribution in [2.24, 2.45) is 0 Å². The van der Waals surface area contributed by atoms with Crippen molar-refractivity contribution in [1.29, 1.82) is 0 Å². The van der Waals surface area contributed by atoms with Crippen LogP contribution in [-0.4, -0.2) is 20.7 Å². The Morgan fingerprint density at radius 3 is 2.86 bits per heavy atom. The lowest BCUT2D eigenvalue weighted by molar-refractivity contribution is -0.116. The number of rotatable bonds is 5. The van der Waals surface area contributed by atoms with E-state index in [9.17, 15) is 4.79 Å². The maximum Gasteiger partial charge on any atom is 0.226 e. The van der Waals surface area contributed by atoms with Gasteiger partial charge < -0.3 is 10.1 Å². The highest BCUT2D eigenvalue weighted by atomic mass is 16.5. The average Bonchev–Trinajstić information content (AvgIpc) is 3.03. The number of carbonyl (C=O) groups excluding carboxylic acids is 1. The fourth-order valence-corrected chi connectivity index (χ4v) is 3.69. The number of aryl methyl sites for hydroxylation is 1. The molecule has 0 fully saturated rings. The molecule has 2 aromatic heterocycles. The van der Waals surface area contributed by atoms with Crippen molar-refractivity contribution in [1.82, 2.24) is 14.8 Å². The summed E-state index contributed by atoms with van der Waals surface area (Å²) in [6.45, 7) is 6.54. The Morgan fingerprint density at radius 1 is 1.25 bits per heavy atom. The summed E-state index contributed by atoms with van der Waals surface area (Å²) in [5.74, 6) is 1.56. The van der Waals surface area contributed by atoms with E-state index >= 15 is 0 Å². The van der Waals surface area contributed by atoms with Gasteiger partial charge in [0.15, 0.2) is 0 Å². The van der Waals surface area contributed by atoms with Crippen LogP contribution in [0, 0.1) is 6.92 Å². The first-order valence-corrected chi connectivity index (χ1v) is 9.54. The maximum absolute atomic E-state index is 12.4. The molecule has 1 aliphatic rings. The molecule has 0 unspecified atom stereocenters. The SMILES string of the molecule is Cc1nn(C(C)C)c2c1[C@@H](c1cccc(OCc3ccccn3)c1)CC(=O)N2. The van der Waals surface area contributed by atoms with Crippen LogP contribution in [0.5, 0.6) is 5.75 Å². The molecule has 1 aromatic carbocycles. The second kappa shape index (κ2) is 7.46. The second-order valence-corrected chi connectivity index (χ2v) is 7.37. The fraction of sp³-hybridized carbons (Fsp3) is 0.318. The first kappa shape index (κ1) is 18.2. The van der Waals surface area contributed by atoms with E-state index in [1.54, 1.807) is 6.20 Å². The van der Waals surface area contributed by atoms with Crippen molar-refractivity contribution in [2.45, 2.75) is 45.8 Å². The Kier molecular flexibility index (Phi) is 4.86. The lowest BCUT2D eigenvalue weighted by Gasteiger charge is -2.25. The van der Waals surface area contributed by atoms with Crippen LogP contribution < -0.4 is 10.1 Å². The van der Waals surface area contributed by atoms with Gasteiger partial charge in [-0.1, -0.05) is 18.2 Å². The van der Waals surface area contributed by atoms with Gasteiger partial charge in [-0.2, -0.15) is 5.10 Å². The third kappa shape index (κ3) is 3.50. The van der Waals surface area contributed by atoms with Crippen LogP contribution in [0.1, 0.15) is 54.7 Å². The molecule has 0 saturated heterocycles. The van der Waals surface area contributed by atoms with E-state index in [4.69, 9.17) is 4.74 Å². The number of nitrogens with one attached hydrogen (secondary N) is 1. The Labute approximate surface area is 164 Å². The predicted octanol–water partition coefficient (Wildman–Crippen LogP) is 4.22. The topological polar surface area (TPSA) is 69.0 Å². The summed E-state index contributed by atoms with van der Waals surface area (Å²) in [4.78, 5) is 16.7. The monoisotopic (exact) mass is 376 g/mol. The van der Waals surface area contributed by atoms with Gasteiger partial charge in [-0.15, -0.1) is 0 Å². The molecule has 3 aromatic rings. The summed E-state index contributed by atoms with van der Waals surface area (Å²) >= 11 is 0. The van der Waals surface area contributed by atoms with Crippen LogP contribution in [0.2, 0.25) is 0 Å². The molecule has 3 heterocycles. The zero-order valence-electron chi connectivity index (χ0n) is 16.3. The number of fused-ring (bicyclic) bond motifs is 1. The molecule has 28 heavy (non-hydrogen) atoms. The highest BCUT2D eigenvalue weighted by Gasteiger charge is 2.32. The average molecular weight is 376 g/mol. The maximum atomic E-state index is 12.4. The minimum absolute atomic E-state index is 0.0131. The van der Waals surface area contributed by atoms with E-state index in [2.05, 4.69) is 29.2 Å². The number of nitrogens with zero attached hydrogens (tertiary/aromatic N) is 3. The van der Waals surface area contributed by atoms with E-state index in [0.29, 0.717) is 13.0 Å². The van der Waals surface area contributed by atoms with Crippen molar-refractivity contribution < 1.29 is 9.53 Å². The zero-order chi connectivity index (χ0) is 19.7. The highest BCUT2D eigenvalue weighted by Crippen LogP contribution is 2.40. The summed E-state index contributed by atoms with van der Waals surface area (Å²) in [6, 6.07) is 13.9. The summed E-state index contributed by atoms with van der Waals surface area (Å²) in [6.07, 6.45) is 2.16. The van der Waals surface area contributed by atoms with Crippen molar-refractivity contribution in [3.05, 3.63) is 71.2 Å². The molecule has 1 N–H and O–H groups in total. The standard InChI is InChI=1S/C22H24N4O2/c1-14(2)26-22-21(15(3)25-26)19(12-20(27)24-22)16-7-6-9-18(11-16)28-13-17-8-4-5-10-23-17/h4-11,14,19H,12-13H2,1-3H3,(H,24,27)/t19-/m1/s1. The van der Waals surface area contributed by atoms with Crippen LogP contribution in [-0.2, 0) is 11.4 Å². The Bertz CT molecular complexity index is 995. The quantitative estimate of drug-likeness (QED) is 0.724. The van der Waals surface area contributed by atoms with Gasteiger partial charge in [0, 0.05) is 30.1 Å². The normalized spacial score (nSPS) is 16.0. The smallest absolute Gasteiger partial charge is 0.226 e. The molecule has 0 bridgehead atoms. The zero-order valence-corrected chi connectivity index (χ0v) is 16.3. The van der Waals surface area contributed by atoms with Gasteiger partial charge >= 0.3 is 0 Å². The van der Waals surface area contributed by atoms with E-state index in [0.717, 1.165) is 34.1 Å². The van der Waals surface area contributed by atoms with Gasteiger partial charge in [0.2, 0.25) is 5.91 Å². The molecule has 6 heteroatoms. The number of carbonyl (C=O) groups is 1. The van der Waals surface area contributed by atoms with E-state index in [-0.39, 0.29) is 17.9 Å². The Balaban J connectivity index is 1.64. The Morgan fingerprint density at radius 2 is 2.11 bits per heavy atom. The molecule has 0 aliphatic carbocycles. The summed E-state index contributed by atoms with van der Waals surface area (Å²) in [7, 11) is 0. The molecule has 6 nitrogen and oxygen atoms in total. The van der Waals surface area contributed by atoms with Crippen molar-refractivity contribution in [3.8, 4) is 5.75 Å². The number of hydrogen-bond donors (Lipinski definition) is 1. The van der Waals surface area contributed by atoms with Gasteiger partial charge in [0.25, 0.3) is 0 Å². The highest BCUT2D eigenvalue weighted by molar-refractivity contribution is 5.94. The summed E-state index contributed by atoms with van der Waals surface area (Å²) in [5.41, 5.74) is 3.98. The van der Waals surface area contributed by atoms with Crippen LogP contribution >= 0.6 is 0 Å². The molecule has 144 valence electrons. The first-order valence-electron chi connectivity index (χ1n) is 9.54. The van der Waals surface area contributed by atoms with Crippen molar-refractivity contribution >= 4 is 11.7 Å². The number of hydrogen-bond acceptors (Lipinski definition) is 4. The Hall–Kier alpha value is -3.15. The molecular weight excluding hydrogens is 352 g/mol. The molecule has 0 spiro atoms. The van der Waals surface area contributed by atoms with E-state index in [1.807, 2.05) is 54.1 Å². The first-order chi connectivity index (χ1) is 13.5. The molecule has 4 rings (SSSR count). The minimum atomic E-state index is -0.0327. The molecule has 1 aliphatic heterocycles. The number of anilines is 1. The lowest BCUT2D eigenvalue weighted by Crippen LogP contribution is -2.25. The van der Waals surface area contributed by atoms with Crippen LogP contribution in [0.4, 0.5) is 5.82 Å². The summed E-state index contributed by atoms with van der Waals surface area (Å²) in [5, 5.41) is 7.68. The molecule has 0 saturated carbocycles. The number of benzene rings is 1. The number of ether oxygens (including phenoxy) is 1. The van der Waals surface area contributed by atoms with Gasteiger partial charge in [-0.05, 0) is 50.6 Å². The van der Waals surface area contributed by atoms with Gasteiger partial charge in [-0.3, -0.25) is 9.78 Å². The van der Waals surface area contributed by atoms with Gasteiger partial charge in [-0.25, -0.2) is 4.68 Å². The van der Waals surface area contributed by atoms with Crippen LogP contribution in [0.25, 0.3) is 0 Å². The lowest BCUT2D eigenvalue weighted by atomic mass is 9.85. The van der Waals surface area contributed by atoms with Crippen LogP contribution in [0.15, 0.2) is 48.7 Å². The van der Waals surface area contributed by atoms with E-state index < -0.39 is 0 Å². The molecule has 1 amide bonds. The van der Waals surface area contributed by atoms with Crippen molar-refractivity contribution in [2.75, 3.05) is 5.32 Å². The third-order valence-corrected chi connectivity index (χ3v) is 4.99. The fourth-order valence-electron chi connectivity index (χ4n) is 3.69. The third-order valence-electron chi connectivity index (χ3n) is 4.99. The molecule has 0 radical (unpaired) electrons. The second-order valence-electron chi connectivity index (χ2n) is 7.37. The number of pyridine rings is 1. The van der Waals surface area contributed by atoms with Gasteiger partial charge in [0.05, 0.1) is 11.4 Å². The van der Waals surface area contributed by atoms with Crippen molar-refractivity contribution in [3.63, 3.8) is 0 Å².